The summed E-state index contributed by atoms with van der Waals surface area (Å²) in [5.41, 5.74) is 2.22. The van der Waals surface area contributed by atoms with Crippen LogP contribution < -0.4 is 16.0 Å². The van der Waals surface area contributed by atoms with Crippen LogP contribution >= 0.6 is 0 Å². The molecular weight excluding hydrogens is 400 g/mol. The molecule has 0 saturated heterocycles. The molecule has 1 atom stereocenters. The van der Waals surface area contributed by atoms with E-state index in [2.05, 4.69) is 30.8 Å². The number of rotatable bonds is 8. The molecule has 3 N–H and O–H groups in total. The molecule has 0 saturated carbocycles. The minimum atomic E-state index is -0.885. The molecule has 10 nitrogen and oxygen atoms in total. The normalized spacial score (nSPS) is 11.3. The molecule has 0 aliphatic carbocycles. The highest BCUT2D eigenvalue weighted by Gasteiger charge is 2.22. The van der Waals surface area contributed by atoms with Gasteiger partial charge in [-0.1, -0.05) is 30.3 Å². The van der Waals surface area contributed by atoms with E-state index in [9.17, 15) is 14.4 Å². The number of nitrogens with one attached hydrogen (secondary N) is 3. The van der Waals surface area contributed by atoms with Crippen molar-refractivity contribution in [1.29, 1.82) is 0 Å². The summed E-state index contributed by atoms with van der Waals surface area (Å²) in [7, 11) is 1.22. The van der Waals surface area contributed by atoms with Crippen molar-refractivity contribution in [2.45, 2.75) is 12.5 Å². The van der Waals surface area contributed by atoms with Gasteiger partial charge < -0.3 is 20.7 Å². The molecular formula is C21H22N6O4. The van der Waals surface area contributed by atoms with Gasteiger partial charge in [-0.25, -0.2) is 14.5 Å². The second-order valence-electron chi connectivity index (χ2n) is 6.53. The van der Waals surface area contributed by atoms with Gasteiger partial charge in [-0.05, 0) is 29.8 Å². The second-order valence-corrected chi connectivity index (χ2v) is 6.53. The van der Waals surface area contributed by atoms with E-state index in [1.807, 2.05) is 30.3 Å². The Morgan fingerprint density at radius 2 is 1.81 bits per heavy atom. The number of hydrogen-bond donors (Lipinski definition) is 3. The molecule has 3 amide bonds. The number of anilines is 1. The number of ether oxygens (including phenoxy) is 1. The fourth-order valence-corrected chi connectivity index (χ4v) is 2.80. The van der Waals surface area contributed by atoms with Gasteiger partial charge in [-0.3, -0.25) is 9.59 Å². The Morgan fingerprint density at radius 1 is 1.06 bits per heavy atom. The van der Waals surface area contributed by atoms with Crippen molar-refractivity contribution in [2.75, 3.05) is 19.0 Å². The van der Waals surface area contributed by atoms with Crippen LogP contribution in [0.3, 0.4) is 0 Å². The summed E-state index contributed by atoms with van der Waals surface area (Å²) in [4.78, 5) is 40.3. The van der Waals surface area contributed by atoms with Gasteiger partial charge in [0.1, 0.15) is 18.7 Å². The summed E-state index contributed by atoms with van der Waals surface area (Å²) in [6.07, 6.45) is 2.52. The van der Waals surface area contributed by atoms with Gasteiger partial charge in [0.15, 0.2) is 0 Å². The van der Waals surface area contributed by atoms with E-state index in [0.717, 1.165) is 11.3 Å². The van der Waals surface area contributed by atoms with Gasteiger partial charge in [-0.2, -0.15) is 5.10 Å². The van der Waals surface area contributed by atoms with E-state index in [1.54, 1.807) is 35.3 Å². The Morgan fingerprint density at radius 3 is 2.45 bits per heavy atom. The van der Waals surface area contributed by atoms with Crippen LogP contribution in [-0.4, -0.2) is 52.4 Å². The lowest BCUT2D eigenvalue weighted by atomic mass is 10.1. The minimum Gasteiger partial charge on any atom is -0.453 e. The number of amides is 3. The number of methoxy groups -OCH3 is 1. The SMILES string of the molecule is COC(=O)NC(Cc1ccccc1)C(=O)NCC(=O)Nc1ccc(-n2cncn2)cc1. The maximum absolute atomic E-state index is 12.6. The Bertz CT molecular complexity index is 1010. The molecule has 10 heteroatoms. The van der Waals surface area contributed by atoms with Gasteiger partial charge in [0.2, 0.25) is 11.8 Å². The maximum atomic E-state index is 12.6. The highest BCUT2D eigenvalue weighted by molar-refractivity contribution is 5.95. The molecule has 0 aliphatic heterocycles. The van der Waals surface area contributed by atoms with Crippen molar-refractivity contribution >= 4 is 23.6 Å². The molecule has 1 unspecified atom stereocenters. The van der Waals surface area contributed by atoms with E-state index in [0.29, 0.717) is 5.69 Å². The average molecular weight is 422 g/mol. The number of benzene rings is 2. The average Bonchev–Trinajstić information content (AvgIpc) is 3.33. The lowest BCUT2D eigenvalue weighted by Gasteiger charge is -2.18. The number of carbonyl (C=O) groups excluding carboxylic acids is 3. The van der Waals surface area contributed by atoms with Crippen LogP contribution in [0.2, 0.25) is 0 Å². The standard InChI is InChI=1S/C21H22N6O4/c1-31-21(30)26-18(11-15-5-3-2-4-6-15)20(29)23-12-19(28)25-16-7-9-17(10-8-16)27-14-22-13-24-27/h2-10,13-14,18H,11-12H2,1H3,(H,23,29)(H,25,28)(H,26,30). The molecule has 0 spiro atoms. The molecule has 0 fully saturated rings. The van der Waals surface area contributed by atoms with Crippen molar-refractivity contribution in [3.8, 4) is 5.69 Å². The number of nitrogens with zero attached hydrogens (tertiary/aromatic N) is 3. The summed E-state index contributed by atoms with van der Waals surface area (Å²) in [6, 6.07) is 15.3. The number of alkyl carbamates (subject to hydrolysis) is 1. The second kappa shape index (κ2) is 10.5. The molecule has 3 aromatic rings. The quantitative estimate of drug-likeness (QED) is 0.502. The molecule has 1 heterocycles. The van der Waals surface area contributed by atoms with Gasteiger partial charge in [0.25, 0.3) is 0 Å². The smallest absolute Gasteiger partial charge is 0.407 e. The third-order valence-electron chi connectivity index (χ3n) is 4.33. The lowest BCUT2D eigenvalue weighted by molar-refractivity contribution is -0.125. The molecule has 0 aliphatic rings. The molecule has 31 heavy (non-hydrogen) atoms. The van der Waals surface area contributed by atoms with Crippen molar-refractivity contribution < 1.29 is 19.1 Å². The van der Waals surface area contributed by atoms with E-state index in [4.69, 9.17) is 0 Å². The van der Waals surface area contributed by atoms with E-state index in [1.165, 1.54) is 13.4 Å². The molecule has 1 aromatic heterocycles. The monoisotopic (exact) mass is 422 g/mol. The van der Waals surface area contributed by atoms with E-state index >= 15 is 0 Å². The predicted molar refractivity (Wildman–Crippen MR) is 112 cm³/mol. The van der Waals surface area contributed by atoms with Crippen LogP contribution in [0.15, 0.2) is 67.3 Å². The maximum Gasteiger partial charge on any atom is 0.407 e. The summed E-state index contributed by atoms with van der Waals surface area (Å²) in [6.45, 7) is -0.252. The zero-order valence-corrected chi connectivity index (χ0v) is 16.8. The van der Waals surface area contributed by atoms with Gasteiger partial charge in [0.05, 0.1) is 19.3 Å². The summed E-state index contributed by atoms with van der Waals surface area (Å²) in [5, 5.41) is 11.8. The van der Waals surface area contributed by atoms with Crippen molar-refractivity contribution in [3.05, 3.63) is 72.8 Å². The molecule has 3 rings (SSSR count). The first-order chi connectivity index (χ1) is 15.0. The van der Waals surface area contributed by atoms with Crippen molar-refractivity contribution in [3.63, 3.8) is 0 Å². The third-order valence-corrected chi connectivity index (χ3v) is 4.33. The largest absolute Gasteiger partial charge is 0.453 e. The predicted octanol–water partition coefficient (Wildman–Crippen LogP) is 1.29. The Kier molecular flexibility index (Phi) is 7.30. The highest BCUT2D eigenvalue weighted by Crippen LogP contribution is 2.12. The van der Waals surface area contributed by atoms with Crippen LogP contribution in [0.5, 0.6) is 0 Å². The fraction of sp³-hybridized carbons (Fsp3) is 0.190. The van der Waals surface area contributed by atoms with Gasteiger partial charge >= 0.3 is 6.09 Å². The first kappa shape index (κ1) is 21.5. The number of aromatic nitrogens is 3. The lowest BCUT2D eigenvalue weighted by Crippen LogP contribution is -2.49. The zero-order valence-electron chi connectivity index (χ0n) is 16.8. The van der Waals surface area contributed by atoms with Gasteiger partial charge in [-0.15, -0.1) is 0 Å². The summed E-state index contributed by atoms with van der Waals surface area (Å²) >= 11 is 0. The van der Waals surface area contributed by atoms with Crippen LogP contribution in [0, 0.1) is 0 Å². The Balaban J connectivity index is 1.54. The van der Waals surface area contributed by atoms with E-state index < -0.39 is 23.9 Å². The first-order valence-electron chi connectivity index (χ1n) is 9.46. The summed E-state index contributed by atoms with van der Waals surface area (Å²) < 4.78 is 6.18. The van der Waals surface area contributed by atoms with Crippen molar-refractivity contribution in [1.82, 2.24) is 25.4 Å². The number of hydrogen-bond acceptors (Lipinski definition) is 6. The zero-order chi connectivity index (χ0) is 22.1. The first-order valence-corrected chi connectivity index (χ1v) is 9.46. The highest BCUT2D eigenvalue weighted by atomic mass is 16.5. The topological polar surface area (TPSA) is 127 Å². The Hall–Kier alpha value is -4.21. The van der Waals surface area contributed by atoms with Crippen LogP contribution in [0.25, 0.3) is 5.69 Å². The molecule has 160 valence electrons. The number of carbonyl (C=O) groups is 3. The Labute approximate surface area is 178 Å². The van der Waals surface area contributed by atoms with Crippen molar-refractivity contribution in [2.24, 2.45) is 0 Å². The molecule has 2 aromatic carbocycles. The fourth-order valence-electron chi connectivity index (χ4n) is 2.80. The molecule has 0 bridgehead atoms. The van der Waals surface area contributed by atoms with Crippen LogP contribution in [0.1, 0.15) is 5.56 Å². The molecule has 0 radical (unpaired) electrons. The summed E-state index contributed by atoms with van der Waals surface area (Å²) in [5.74, 6) is -0.899. The van der Waals surface area contributed by atoms with Crippen LogP contribution in [0.4, 0.5) is 10.5 Å². The third kappa shape index (κ3) is 6.39. The van der Waals surface area contributed by atoms with Crippen LogP contribution in [-0.2, 0) is 20.7 Å². The van der Waals surface area contributed by atoms with Gasteiger partial charge in [0, 0.05) is 12.1 Å². The van der Waals surface area contributed by atoms with E-state index in [-0.39, 0.29) is 13.0 Å². The minimum absolute atomic E-state index is 0.252.